The van der Waals surface area contributed by atoms with Gasteiger partial charge in [0, 0.05) is 23.1 Å². The van der Waals surface area contributed by atoms with Crippen molar-refractivity contribution < 1.29 is 8.78 Å². The number of rotatable bonds is 4. The Hall–Kier alpha value is -2.32. The van der Waals surface area contributed by atoms with E-state index in [1.165, 1.54) is 23.5 Å². The van der Waals surface area contributed by atoms with E-state index >= 15 is 4.39 Å². The zero-order valence-corrected chi connectivity index (χ0v) is 15.5. The Morgan fingerprint density at radius 1 is 1.15 bits per heavy atom. The van der Waals surface area contributed by atoms with Crippen LogP contribution in [0.25, 0.3) is 22.2 Å². The van der Waals surface area contributed by atoms with Gasteiger partial charge in [-0.1, -0.05) is 29.8 Å². The van der Waals surface area contributed by atoms with Crippen LogP contribution in [0.4, 0.5) is 8.78 Å². The number of hydrogen-bond donors (Lipinski definition) is 3. The van der Waals surface area contributed by atoms with Crippen molar-refractivity contribution >= 4 is 34.0 Å². The highest BCUT2D eigenvalue weighted by molar-refractivity contribution is 7.14. The molecule has 138 valence electrons. The fourth-order valence-corrected chi connectivity index (χ4v) is 4.04. The molecule has 0 fully saturated rings. The minimum absolute atomic E-state index is 0.0116. The lowest BCUT2D eigenvalue weighted by Gasteiger charge is -2.30. The summed E-state index contributed by atoms with van der Waals surface area (Å²) in [6, 6.07) is 9.80. The van der Waals surface area contributed by atoms with Crippen molar-refractivity contribution in [1.29, 1.82) is 0 Å². The van der Waals surface area contributed by atoms with Gasteiger partial charge in [-0.25, -0.2) is 13.8 Å². The van der Waals surface area contributed by atoms with E-state index in [9.17, 15) is 4.39 Å². The number of halogens is 3. The van der Waals surface area contributed by atoms with Crippen LogP contribution in [0.2, 0.25) is 4.34 Å². The molecule has 2 aromatic heterocycles. The lowest BCUT2D eigenvalue weighted by Crippen LogP contribution is -2.46. The summed E-state index contributed by atoms with van der Waals surface area (Å²) in [5.74, 6) is -2.00. The molecule has 5 N–H and O–H groups in total. The molecule has 2 aromatic carbocycles. The van der Waals surface area contributed by atoms with Gasteiger partial charge in [0.05, 0.1) is 27.2 Å². The second kappa shape index (κ2) is 6.69. The van der Waals surface area contributed by atoms with Crippen LogP contribution in [-0.4, -0.2) is 16.5 Å². The van der Waals surface area contributed by atoms with Crippen molar-refractivity contribution in [3.8, 4) is 11.1 Å². The predicted molar refractivity (Wildman–Crippen MR) is 105 cm³/mol. The Bertz CT molecular complexity index is 1140. The highest BCUT2D eigenvalue weighted by Crippen LogP contribution is 2.36. The van der Waals surface area contributed by atoms with Crippen molar-refractivity contribution in [1.82, 2.24) is 9.97 Å². The quantitative estimate of drug-likeness (QED) is 0.472. The number of benzene rings is 2. The highest BCUT2D eigenvalue weighted by atomic mass is 35.5. The lowest BCUT2D eigenvalue weighted by atomic mass is 9.82. The number of thiophene rings is 1. The summed E-state index contributed by atoms with van der Waals surface area (Å²) in [7, 11) is 0. The second-order valence-electron chi connectivity index (χ2n) is 6.24. The average Bonchev–Trinajstić information content (AvgIpc) is 3.31. The van der Waals surface area contributed by atoms with Crippen LogP contribution >= 0.6 is 22.9 Å². The molecule has 2 heterocycles. The van der Waals surface area contributed by atoms with Gasteiger partial charge in [0.1, 0.15) is 0 Å². The normalized spacial score (nSPS) is 13.8. The van der Waals surface area contributed by atoms with Gasteiger partial charge in [0.2, 0.25) is 0 Å². The lowest BCUT2D eigenvalue weighted by molar-refractivity contribution is 0.458. The molecule has 27 heavy (non-hydrogen) atoms. The zero-order valence-electron chi connectivity index (χ0n) is 14.0. The molecule has 0 amide bonds. The van der Waals surface area contributed by atoms with Gasteiger partial charge >= 0.3 is 0 Å². The van der Waals surface area contributed by atoms with E-state index in [-0.39, 0.29) is 17.7 Å². The predicted octanol–water partition coefficient (Wildman–Crippen LogP) is 4.38. The van der Waals surface area contributed by atoms with Gasteiger partial charge in [-0.05, 0) is 29.3 Å². The Labute approximate surface area is 162 Å². The first kappa shape index (κ1) is 18.1. The van der Waals surface area contributed by atoms with Gasteiger partial charge in [-0.15, -0.1) is 11.3 Å². The number of nitrogens with one attached hydrogen (secondary N) is 1. The number of aromatic nitrogens is 2. The maximum atomic E-state index is 15.0. The van der Waals surface area contributed by atoms with Gasteiger partial charge in [-0.3, -0.25) is 0 Å². The monoisotopic (exact) mass is 404 g/mol. The minimum atomic E-state index is -1.40. The molecule has 8 heteroatoms. The highest BCUT2D eigenvalue weighted by Gasteiger charge is 2.33. The van der Waals surface area contributed by atoms with E-state index < -0.39 is 17.2 Å². The summed E-state index contributed by atoms with van der Waals surface area (Å²) in [6.45, 7) is -0.108. The van der Waals surface area contributed by atoms with Crippen molar-refractivity contribution in [3.63, 3.8) is 0 Å². The molecule has 0 radical (unpaired) electrons. The molecule has 0 aliphatic carbocycles. The first-order chi connectivity index (χ1) is 12.9. The SMILES string of the molecule is NCC(N)(c1ccc2[nH]cnc2c1)c1ccc(-c2csc(Cl)c2)c(F)c1F. The first-order valence-electron chi connectivity index (χ1n) is 8.09. The van der Waals surface area contributed by atoms with Gasteiger partial charge in [0.15, 0.2) is 11.6 Å². The van der Waals surface area contributed by atoms with Crippen LogP contribution in [0.15, 0.2) is 48.1 Å². The molecule has 4 rings (SSSR count). The molecule has 1 unspecified atom stereocenters. The third kappa shape index (κ3) is 2.93. The molecule has 0 saturated carbocycles. The Morgan fingerprint density at radius 3 is 2.67 bits per heavy atom. The topological polar surface area (TPSA) is 80.7 Å². The molecular weight excluding hydrogens is 390 g/mol. The molecule has 0 aliphatic rings. The van der Waals surface area contributed by atoms with E-state index in [1.807, 2.05) is 0 Å². The van der Waals surface area contributed by atoms with E-state index in [4.69, 9.17) is 23.1 Å². The Kier molecular flexibility index (Phi) is 4.47. The minimum Gasteiger partial charge on any atom is -0.345 e. The van der Waals surface area contributed by atoms with Crippen molar-refractivity contribution in [3.05, 3.63) is 75.2 Å². The maximum absolute atomic E-state index is 15.0. The van der Waals surface area contributed by atoms with Crippen LogP contribution in [0.1, 0.15) is 11.1 Å². The summed E-state index contributed by atoms with van der Waals surface area (Å²) in [4.78, 5) is 7.16. The van der Waals surface area contributed by atoms with E-state index in [0.29, 0.717) is 21.0 Å². The summed E-state index contributed by atoms with van der Waals surface area (Å²) in [6.07, 6.45) is 1.55. The van der Waals surface area contributed by atoms with Gasteiger partial charge in [-0.2, -0.15) is 0 Å². The summed E-state index contributed by atoms with van der Waals surface area (Å²) >= 11 is 7.15. The molecule has 4 aromatic rings. The van der Waals surface area contributed by atoms with Crippen LogP contribution in [-0.2, 0) is 5.54 Å². The third-order valence-corrected chi connectivity index (χ3v) is 5.79. The zero-order chi connectivity index (χ0) is 19.2. The van der Waals surface area contributed by atoms with Crippen LogP contribution in [0.3, 0.4) is 0 Å². The van der Waals surface area contributed by atoms with E-state index in [2.05, 4.69) is 9.97 Å². The van der Waals surface area contributed by atoms with Crippen LogP contribution in [0, 0.1) is 11.6 Å². The molecular formula is C19H15ClF2N4S. The third-order valence-electron chi connectivity index (χ3n) is 4.70. The van der Waals surface area contributed by atoms with E-state index in [1.54, 1.807) is 36.0 Å². The summed E-state index contributed by atoms with van der Waals surface area (Å²) in [5, 5.41) is 1.67. The number of nitrogens with two attached hydrogens (primary N) is 2. The second-order valence-corrected chi connectivity index (χ2v) is 7.78. The van der Waals surface area contributed by atoms with Gasteiger partial charge < -0.3 is 16.5 Å². The van der Waals surface area contributed by atoms with Crippen LogP contribution in [0.5, 0.6) is 0 Å². The Morgan fingerprint density at radius 2 is 1.96 bits per heavy atom. The largest absolute Gasteiger partial charge is 0.345 e. The Balaban J connectivity index is 1.85. The fraction of sp³-hybridized carbons (Fsp3) is 0.105. The first-order valence-corrected chi connectivity index (χ1v) is 9.35. The number of aromatic amines is 1. The number of fused-ring (bicyclic) bond motifs is 1. The molecule has 0 saturated heterocycles. The van der Waals surface area contributed by atoms with Crippen molar-refractivity contribution in [2.24, 2.45) is 11.5 Å². The number of hydrogen-bond acceptors (Lipinski definition) is 4. The molecule has 4 nitrogen and oxygen atoms in total. The standard InChI is InChI=1S/C19H15ClF2N4S/c20-16-5-10(7-27-16)12-2-3-13(18(22)17(12)21)19(24,8-23)11-1-4-14-15(6-11)26-9-25-14/h1-7,9H,8,23-24H2,(H,25,26). The fourth-order valence-electron chi connectivity index (χ4n) is 3.16. The molecule has 1 atom stereocenters. The average molecular weight is 405 g/mol. The molecule has 0 bridgehead atoms. The van der Waals surface area contributed by atoms with Gasteiger partial charge in [0.25, 0.3) is 0 Å². The smallest absolute Gasteiger partial charge is 0.167 e. The summed E-state index contributed by atoms with van der Waals surface area (Å²) in [5.41, 5.74) is 13.6. The van der Waals surface area contributed by atoms with Crippen molar-refractivity contribution in [2.45, 2.75) is 5.54 Å². The number of imidazole rings is 1. The maximum Gasteiger partial charge on any atom is 0.167 e. The molecule has 0 aliphatic heterocycles. The van der Waals surface area contributed by atoms with E-state index in [0.717, 1.165) is 5.52 Å². The number of H-pyrrole nitrogens is 1. The van der Waals surface area contributed by atoms with Crippen molar-refractivity contribution in [2.75, 3.05) is 6.54 Å². The number of nitrogens with zero attached hydrogens (tertiary/aromatic N) is 1. The molecule has 0 spiro atoms. The van der Waals surface area contributed by atoms with Crippen LogP contribution < -0.4 is 11.5 Å². The summed E-state index contributed by atoms with van der Waals surface area (Å²) < 4.78 is 30.3.